The minimum absolute atomic E-state index is 0.0887. The Hall–Kier alpha value is -1.10. The second kappa shape index (κ2) is 7.78. The molecule has 1 atom stereocenters. The van der Waals surface area contributed by atoms with Crippen molar-refractivity contribution in [3.8, 4) is 0 Å². The molecule has 116 valence electrons. The van der Waals surface area contributed by atoms with Crippen LogP contribution in [0.5, 0.6) is 0 Å². The first-order chi connectivity index (χ1) is 10.1. The van der Waals surface area contributed by atoms with Gasteiger partial charge in [0.2, 0.25) is 5.91 Å². The largest absolute Gasteiger partial charge is 0.340 e. The molecule has 1 amide bonds. The van der Waals surface area contributed by atoms with Crippen LogP contribution in [0.15, 0.2) is 24.3 Å². The number of amides is 1. The highest BCUT2D eigenvalue weighted by Gasteiger charge is 2.22. The van der Waals surface area contributed by atoms with Gasteiger partial charge in [-0.15, -0.1) is 0 Å². The molecule has 4 nitrogen and oxygen atoms in total. The second-order valence-electron chi connectivity index (χ2n) is 5.60. The molecule has 5 heteroatoms. The van der Waals surface area contributed by atoms with Crippen molar-refractivity contribution in [1.29, 1.82) is 0 Å². The summed E-state index contributed by atoms with van der Waals surface area (Å²) in [6.45, 7) is 6.33. The predicted molar refractivity (Wildman–Crippen MR) is 86.2 cm³/mol. The second-order valence-corrected chi connectivity index (χ2v) is 6.03. The lowest BCUT2D eigenvalue weighted by Crippen LogP contribution is -2.44. The highest BCUT2D eigenvalue weighted by atomic mass is 35.5. The van der Waals surface area contributed by atoms with Crippen LogP contribution in [0.4, 0.5) is 0 Å². The van der Waals surface area contributed by atoms with Crippen molar-refractivity contribution < 1.29 is 4.79 Å². The molecular formula is C16H24ClN3O. The molecule has 21 heavy (non-hydrogen) atoms. The molecule has 0 unspecified atom stereocenters. The fourth-order valence-electron chi connectivity index (χ4n) is 2.61. The van der Waals surface area contributed by atoms with Crippen LogP contribution in [0.25, 0.3) is 0 Å². The number of halogens is 1. The third-order valence-electron chi connectivity index (χ3n) is 3.98. The molecule has 2 N–H and O–H groups in total. The zero-order chi connectivity index (χ0) is 15.2. The summed E-state index contributed by atoms with van der Waals surface area (Å²) in [4.78, 5) is 16.4. The summed E-state index contributed by atoms with van der Waals surface area (Å²) >= 11 is 5.91. The third kappa shape index (κ3) is 4.70. The van der Waals surface area contributed by atoms with Crippen molar-refractivity contribution in [3.63, 3.8) is 0 Å². The van der Waals surface area contributed by atoms with E-state index in [1.165, 1.54) is 5.56 Å². The van der Waals surface area contributed by atoms with Gasteiger partial charge in [0.1, 0.15) is 0 Å². The molecule has 0 aliphatic carbocycles. The van der Waals surface area contributed by atoms with Crippen LogP contribution in [0.1, 0.15) is 25.3 Å². The normalized spacial score (nSPS) is 18.3. The summed E-state index contributed by atoms with van der Waals surface area (Å²) in [7, 11) is 0. The predicted octanol–water partition coefficient (Wildman–Crippen LogP) is 2.11. The maximum absolute atomic E-state index is 12.2. The first kappa shape index (κ1) is 16.3. The minimum Gasteiger partial charge on any atom is -0.340 e. The van der Waals surface area contributed by atoms with E-state index in [0.717, 1.165) is 44.2 Å². The van der Waals surface area contributed by atoms with Crippen molar-refractivity contribution >= 4 is 17.5 Å². The van der Waals surface area contributed by atoms with Crippen molar-refractivity contribution in [2.45, 2.75) is 32.4 Å². The number of carbonyl (C=O) groups is 1. The molecule has 0 aromatic heterocycles. The molecule has 1 aromatic carbocycles. The highest BCUT2D eigenvalue weighted by molar-refractivity contribution is 6.30. The van der Waals surface area contributed by atoms with Gasteiger partial charge in [-0.25, -0.2) is 0 Å². The molecule has 0 radical (unpaired) electrons. The van der Waals surface area contributed by atoms with Gasteiger partial charge in [0.05, 0.1) is 6.04 Å². The summed E-state index contributed by atoms with van der Waals surface area (Å²) in [5, 5.41) is 0.764. The van der Waals surface area contributed by atoms with E-state index >= 15 is 0 Å². The van der Waals surface area contributed by atoms with Gasteiger partial charge >= 0.3 is 0 Å². The van der Waals surface area contributed by atoms with Gasteiger partial charge in [0.15, 0.2) is 0 Å². The van der Waals surface area contributed by atoms with Crippen LogP contribution >= 0.6 is 11.6 Å². The quantitative estimate of drug-likeness (QED) is 0.927. The minimum atomic E-state index is -0.354. The number of hydrogen-bond donors (Lipinski definition) is 1. The molecule has 2 rings (SSSR count). The number of benzene rings is 1. The molecule has 1 fully saturated rings. The Morgan fingerprint density at radius 2 is 1.95 bits per heavy atom. The van der Waals surface area contributed by atoms with Crippen LogP contribution < -0.4 is 5.73 Å². The monoisotopic (exact) mass is 309 g/mol. The molecule has 1 aliphatic rings. The molecule has 0 bridgehead atoms. The SMILES string of the molecule is CC[C@H](N)C(=O)N1CCCN(Cc2ccc(Cl)cc2)CC1. The number of hydrogen-bond acceptors (Lipinski definition) is 3. The molecule has 1 heterocycles. The first-order valence-electron chi connectivity index (χ1n) is 7.61. The summed E-state index contributed by atoms with van der Waals surface area (Å²) in [5.41, 5.74) is 7.11. The Kier molecular flexibility index (Phi) is 6.03. The van der Waals surface area contributed by atoms with E-state index in [0.29, 0.717) is 6.42 Å². The Balaban J connectivity index is 1.88. The zero-order valence-corrected chi connectivity index (χ0v) is 13.4. The molecule has 1 aromatic rings. The fraction of sp³-hybridized carbons (Fsp3) is 0.562. The summed E-state index contributed by atoms with van der Waals surface area (Å²) in [6.07, 6.45) is 1.69. The van der Waals surface area contributed by atoms with E-state index in [1.807, 2.05) is 24.0 Å². The Morgan fingerprint density at radius 3 is 2.62 bits per heavy atom. The number of rotatable bonds is 4. The van der Waals surface area contributed by atoms with E-state index in [9.17, 15) is 4.79 Å². The van der Waals surface area contributed by atoms with E-state index in [-0.39, 0.29) is 11.9 Å². The lowest BCUT2D eigenvalue weighted by molar-refractivity contribution is -0.132. The molecule has 1 saturated heterocycles. The van der Waals surface area contributed by atoms with Crippen LogP contribution in [-0.4, -0.2) is 47.9 Å². The van der Waals surface area contributed by atoms with Crippen LogP contribution in [0, 0.1) is 0 Å². The standard InChI is InChI=1S/C16H24ClN3O/c1-2-15(18)16(21)20-9-3-8-19(10-11-20)12-13-4-6-14(17)7-5-13/h4-7,15H,2-3,8-12,18H2,1H3/t15-/m0/s1. The zero-order valence-electron chi connectivity index (χ0n) is 12.6. The summed E-state index contributed by atoms with van der Waals surface area (Å²) < 4.78 is 0. The van der Waals surface area contributed by atoms with Crippen molar-refractivity contribution in [2.75, 3.05) is 26.2 Å². The lowest BCUT2D eigenvalue weighted by atomic mass is 10.2. The van der Waals surface area contributed by atoms with E-state index in [1.54, 1.807) is 0 Å². The van der Waals surface area contributed by atoms with Crippen LogP contribution in [0.3, 0.4) is 0 Å². The number of nitrogens with zero attached hydrogens (tertiary/aromatic N) is 2. The highest BCUT2D eigenvalue weighted by Crippen LogP contribution is 2.13. The first-order valence-corrected chi connectivity index (χ1v) is 7.99. The average molecular weight is 310 g/mol. The fourth-order valence-corrected chi connectivity index (χ4v) is 2.73. The van der Waals surface area contributed by atoms with Gasteiger partial charge in [0.25, 0.3) is 0 Å². The van der Waals surface area contributed by atoms with Crippen molar-refractivity contribution in [3.05, 3.63) is 34.9 Å². The molecular weight excluding hydrogens is 286 g/mol. The van der Waals surface area contributed by atoms with E-state index < -0.39 is 0 Å². The lowest BCUT2D eigenvalue weighted by Gasteiger charge is -2.24. The molecule has 1 aliphatic heterocycles. The van der Waals surface area contributed by atoms with Crippen molar-refractivity contribution in [2.24, 2.45) is 5.73 Å². The maximum atomic E-state index is 12.2. The Morgan fingerprint density at radius 1 is 1.24 bits per heavy atom. The third-order valence-corrected chi connectivity index (χ3v) is 4.23. The van der Waals surface area contributed by atoms with Gasteiger partial charge in [-0.3, -0.25) is 9.69 Å². The molecule has 0 saturated carbocycles. The van der Waals surface area contributed by atoms with Crippen molar-refractivity contribution in [1.82, 2.24) is 9.80 Å². The smallest absolute Gasteiger partial charge is 0.239 e. The summed E-state index contributed by atoms with van der Waals surface area (Å²) in [5.74, 6) is 0.0887. The summed E-state index contributed by atoms with van der Waals surface area (Å²) in [6, 6.07) is 7.61. The van der Waals surface area contributed by atoms with E-state index in [4.69, 9.17) is 17.3 Å². The van der Waals surface area contributed by atoms with Gasteiger partial charge in [-0.2, -0.15) is 0 Å². The molecule has 0 spiro atoms. The number of nitrogens with two attached hydrogens (primary N) is 1. The van der Waals surface area contributed by atoms with Gasteiger partial charge in [0, 0.05) is 37.7 Å². The van der Waals surface area contributed by atoms with Gasteiger partial charge < -0.3 is 10.6 Å². The topological polar surface area (TPSA) is 49.6 Å². The van der Waals surface area contributed by atoms with E-state index in [2.05, 4.69) is 17.0 Å². The Bertz CT molecular complexity index is 463. The number of carbonyl (C=O) groups excluding carboxylic acids is 1. The van der Waals surface area contributed by atoms with Gasteiger partial charge in [-0.05, 0) is 30.5 Å². The Labute approximate surface area is 131 Å². The van der Waals surface area contributed by atoms with Crippen LogP contribution in [0.2, 0.25) is 5.02 Å². The average Bonchev–Trinajstić information content (AvgIpc) is 2.73. The van der Waals surface area contributed by atoms with Gasteiger partial charge in [-0.1, -0.05) is 30.7 Å². The van der Waals surface area contributed by atoms with Crippen LogP contribution in [-0.2, 0) is 11.3 Å². The maximum Gasteiger partial charge on any atom is 0.239 e.